The number of allylic oxidation sites excluding steroid dienone is 2. The van der Waals surface area contributed by atoms with Crippen LogP contribution in [0, 0.1) is 39.9 Å². The number of carbonyl (C=O) groups excluding carboxylic acids is 2. The van der Waals surface area contributed by atoms with Gasteiger partial charge in [0.05, 0.1) is 17.9 Å². The summed E-state index contributed by atoms with van der Waals surface area (Å²) in [7, 11) is 1.52. The quantitative estimate of drug-likeness (QED) is 0.518. The molecule has 2 bridgehead atoms. The Morgan fingerprint density at radius 3 is 2.58 bits per heavy atom. The van der Waals surface area contributed by atoms with Crippen LogP contribution in [0.15, 0.2) is 11.6 Å². The molecule has 0 amide bonds. The van der Waals surface area contributed by atoms with Crippen molar-refractivity contribution in [2.75, 3.05) is 7.11 Å². The number of hydrogen-bond donors (Lipinski definition) is 0. The number of esters is 1. The maximum atomic E-state index is 13.2. The number of hydrogen-bond acceptors (Lipinski definition) is 3. The van der Waals surface area contributed by atoms with Gasteiger partial charge < -0.3 is 4.74 Å². The van der Waals surface area contributed by atoms with Crippen LogP contribution in [0.3, 0.4) is 0 Å². The molecule has 1 spiro atoms. The van der Waals surface area contributed by atoms with Crippen molar-refractivity contribution in [3.05, 3.63) is 11.6 Å². The van der Waals surface area contributed by atoms with Crippen molar-refractivity contribution in [1.82, 2.24) is 0 Å². The third-order valence-electron chi connectivity index (χ3n) is 8.93. The Morgan fingerprint density at radius 1 is 1.19 bits per heavy atom. The van der Waals surface area contributed by atoms with Crippen molar-refractivity contribution in [2.24, 2.45) is 39.9 Å². The molecule has 0 heterocycles. The van der Waals surface area contributed by atoms with E-state index in [-0.39, 0.29) is 16.8 Å². The van der Waals surface area contributed by atoms with Gasteiger partial charge in [0, 0.05) is 6.42 Å². The van der Waals surface area contributed by atoms with Crippen molar-refractivity contribution in [1.29, 1.82) is 0 Å². The monoisotopic (exact) mass is 358 g/mol. The summed E-state index contributed by atoms with van der Waals surface area (Å²) in [5.41, 5.74) is 0.934. The van der Waals surface area contributed by atoms with E-state index in [0.29, 0.717) is 29.5 Å². The minimum absolute atomic E-state index is 0.0462. The molecular weight excluding hydrogens is 324 g/mol. The highest BCUT2D eigenvalue weighted by atomic mass is 16.5. The fourth-order valence-corrected chi connectivity index (χ4v) is 7.76. The zero-order valence-corrected chi connectivity index (χ0v) is 17.1. The minimum Gasteiger partial charge on any atom is -0.469 e. The van der Waals surface area contributed by atoms with Crippen LogP contribution in [0.25, 0.3) is 0 Å². The number of rotatable bonds is 2. The number of ketones is 1. The second kappa shape index (κ2) is 5.69. The van der Waals surface area contributed by atoms with E-state index < -0.39 is 5.41 Å². The van der Waals surface area contributed by atoms with Crippen LogP contribution >= 0.6 is 0 Å². The molecule has 3 nitrogen and oxygen atoms in total. The molecule has 5 rings (SSSR count). The van der Waals surface area contributed by atoms with Crippen LogP contribution in [0.5, 0.6) is 0 Å². The average Bonchev–Trinajstić information content (AvgIpc) is 2.60. The molecule has 26 heavy (non-hydrogen) atoms. The van der Waals surface area contributed by atoms with Crippen LogP contribution in [0.4, 0.5) is 0 Å². The molecule has 5 aliphatic carbocycles. The van der Waals surface area contributed by atoms with Gasteiger partial charge in [0.2, 0.25) is 0 Å². The van der Waals surface area contributed by atoms with Gasteiger partial charge in [-0.3, -0.25) is 9.59 Å². The molecule has 3 fully saturated rings. The van der Waals surface area contributed by atoms with Gasteiger partial charge in [0.25, 0.3) is 0 Å². The summed E-state index contributed by atoms with van der Waals surface area (Å²) in [4.78, 5) is 25.9. The molecule has 0 aromatic carbocycles. The first-order valence-electron chi connectivity index (χ1n) is 10.5. The smallest absolute Gasteiger partial charge is 0.311 e. The van der Waals surface area contributed by atoms with Crippen LogP contribution in [0.1, 0.15) is 72.6 Å². The number of Topliss-reactive ketones (excluding diaryl/α,β-unsaturated/α-hetero) is 1. The molecule has 0 radical (unpaired) electrons. The summed E-state index contributed by atoms with van der Waals surface area (Å²) in [6.07, 6.45) is 9.31. The molecule has 3 saturated carbocycles. The van der Waals surface area contributed by atoms with Crippen LogP contribution in [-0.2, 0) is 14.3 Å². The van der Waals surface area contributed by atoms with Gasteiger partial charge in [-0.05, 0) is 68.1 Å². The van der Waals surface area contributed by atoms with Crippen molar-refractivity contribution >= 4 is 11.8 Å². The van der Waals surface area contributed by atoms with E-state index in [2.05, 4.69) is 33.8 Å². The normalized spacial score (nSPS) is 47.2. The van der Waals surface area contributed by atoms with Crippen molar-refractivity contribution in [2.45, 2.75) is 72.6 Å². The van der Waals surface area contributed by atoms with E-state index in [1.54, 1.807) is 0 Å². The van der Waals surface area contributed by atoms with Crippen LogP contribution in [-0.4, -0.2) is 18.9 Å². The lowest BCUT2D eigenvalue weighted by Gasteiger charge is -2.65. The van der Waals surface area contributed by atoms with Crippen molar-refractivity contribution in [3.63, 3.8) is 0 Å². The van der Waals surface area contributed by atoms with Crippen molar-refractivity contribution in [3.8, 4) is 0 Å². The second-order valence-corrected chi connectivity index (χ2v) is 10.3. The van der Waals surface area contributed by atoms with Gasteiger partial charge in [-0.25, -0.2) is 0 Å². The number of ether oxygens (including phenoxy) is 1. The molecule has 3 heteroatoms. The Morgan fingerprint density at radius 2 is 1.92 bits per heavy atom. The van der Waals surface area contributed by atoms with Crippen LogP contribution < -0.4 is 0 Å². The highest BCUT2D eigenvalue weighted by Gasteiger charge is 2.67. The van der Waals surface area contributed by atoms with E-state index >= 15 is 0 Å². The fourth-order valence-electron chi connectivity index (χ4n) is 7.76. The van der Waals surface area contributed by atoms with Crippen LogP contribution in [0.2, 0.25) is 0 Å². The largest absolute Gasteiger partial charge is 0.469 e. The summed E-state index contributed by atoms with van der Waals surface area (Å²) in [6.45, 7) is 9.05. The molecule has 144 valence electrons. The molecule has 5 aliphatic rings. The molecule has 6 unspecified atom stereocenters. The third-order valence-corrected chi connectivity index (χ3v) is 8.93. The molecule has 0 aromatic rings. The topological polar surface area (TPSA) is 43.4 Å². The lowest BCUT2D eigenvalue weighted by molar-refractivity contribution is -0.185. The lowest BCUT2D eigenvalue weighted by atomic mass is 9.37. The second-order valence-electron chi connectivity index (χ2n) is 10.3. The fraction of sp³-hybridized carbons (Fsp3) is 0.826. The zero-order valence-electron chi connectivity index (χ0n) is 17.1. The highest BCUT2D eigenvalue weighted by Crippen LogP contribution is 2.70. The molecule has 0 saturated heterocycles. The van der Waals surface area contributed by atoms with E-state index in [0.717, 1.165) is 44.9 Å². The van der Waals surface area contributed by atoms with Gasteiger partial charge in [-0.15, -0.1) is 0 Å². The first-order chi connectivity index (χ1) is 12.2. The predicted octanol–water partition coefficient (Wildman–Crippen LogP) is 4.94. The van der Waals surface area contributed by atoms with E-state index in [9.17, 15) is 9.59 Å². The predicted molar refractivity (Wildman–Crippen MR) is 101 cm³/mol. The van der Waals surface area contributed by atoms with Gasteiger partial charge in [0.15, 0.2) is 0 Å². The lowest BCUT2D eigenvalue weighted by Crippen LogP contribution is -2.63. The SMILES string of the molecule is COC(=O)C1(C)CCCC2(C)C1CCC13C=C(C(C)C)C(CC1=O)CC32. The van der Waals surface area contributed by atoms with Crippen molar-refractivity contribution < 1.29 is 14.3 Å². The summed E-state index contributed by atoms with van der Waals surface area (Å²) in [6, 6.07) is 0. The number of fused-ring (bicyclic) bond motifs is 2. The number of carbonyl (C=O) groups is 2. The van der Waals surface area contributed by atoms with E-state index in [4.69, 9.17) is 4.74 Å². The molecule has 0 aliphatic heterocycles. The molecule has 0 N–H and O–H groups in total. The highest BCUT2D eigenvalue weighted by molar-refractivity contribution is 5.90. The van der Waals surface area contributed by atoms with E-state index in [1.165, 1.54) is 12.7 Å². The Balaban J connectivity index is 1.79. The van der Waals surface area contributed by atoms with Gasteiger partial charge >= 0.3 is 5.97 Å². The average molecular weight is 359 g/mol. The third kappa shape index (κ3) is 2.12. The Hall–Kier alpha value is -1.12. The summed E-state index contributed by atoms with van der Waals surface area (Å²) in [5, 5.41) is 0. The first-order valence-corrected chi connectivity index (χ1v) is 10.5. The summed E-state index contributed by atoms with van der Waals surface area (Å²) in [5.74, 6) is 2.12. The summed E-state index contributed by atoms with van der Waals surface area (Å²) < 4.78 is 5.23. The first kappa shape index (κ1) is 18.3. The van der Waals surface area contributed by atoms with E-state index in [1.807, 2.05) is 0 Å². The standard InChI is InChI=1S/C23H34O3/c1-14(2)16-13-23-10-7-17-21(3,18(23)11-15(16)12-19(23)24)8-6-9-22(17,4)20(25)26-5/h13-15,17-18H,6-12H2,1-5H3. The number of methoxy groups -OCH3 is 1. The maximum Gasteiger partial charge on any atom is 0.311 e. The Labute approximate surface area is 157 Å². The molecular formula is C23H34O3. The Kier molecular flexibility index (Phi) is 3.99. The summed E-state index contributed by atoms with van der Waals surface area (Å²) >= 11 is 0. The molecule has 0 aromatic heterocycles. The molecule has 6 atom stereocenters. The van der Waals surface area contributed by atoms with Gasteiger partial charge in [0.1, 0.15) is 5.78 Å². The van der Waals surface area contributed by atoms with Gasteiger partial charge in [-0.2, -0.15) is 0 Å². The van der Waals surface area contributed by atoms with Gasteiger partial charge in [-0.1, -0.05) is 38.8 Å². The maximum absolute atomic E-state index is 13.2. The Bertz CT molecular complexity index is 677. The zero-order chi connectivity index (χ0) is 18.9. The minimum atomic E-state index is -0.395.